The number of benzene rings is 1. The number of hydrogen-bond acceptors (Lipinski definition) is 5. The number of rotatable bonds is 2. The number of thioether (sulfide) groups is 1. The van der Waals surface area contributed by atoms with Gasteiger partial charge in [-0.25, -0.2) is 9.97 Å². The minimum atomic E-state index is 0.528. The molecule has 0 bridgehead atoms. The van der Waals surface area contributed by atoms with Crippen LogP contribution in [0.2, 0.25) is 0 Å². The van der Waals surface area contributed by atoms with Crippen LogP contribution in [0, 0.1) is 0 Å². The SMILES string of the molecule is CSc1nc(N)cc(N2Cc3ccccc3C2)n1. The Balaban J connectivity index is 1.92. The predicted octanol–water partition coefficient (Wildman–Crippen LogP) is 2.30. The highest BCUT2D eigenvalue weighted by atomic mass is 32.2. The van der Waals surface area contributed by atoms with Gasteiger partial charge in [0.25, 0.3) is 0 Å². The average molecular weight is 258 g/mol. The van der Waals surface area contributed by atoms with Crippen LogP contribution >= 0.6 is 11.8 Å². The maximum Gasteiger partial charge on any atom is 0.191 e. The second-order valence-electron chi connectivity index (χ2n) is 4.26. The van der Waals surface area contributed by atoms with Crippen molar-refractivity contribution >= 4 is 23.4 Å². The fourth-order valence-corrected chi connectivity index (χ4v) is 2.56. The van der Waals surface area contributed by atoms with Crippen molar-refractivity contribution in [2.24, 2.45) is 0 Å². The number of hydrogen-bond donors (Lipinski definition) is 1. The van der Waals surface area contributed by atoms with Gasteiger partial charge in [-0.1, -0.05) is 36.0 Å². The van der Waals surface area contributed by atoms with E-state index < -0.39 is 0 Å². The Morgan fingerprint density at radius 1 is 1.17 bits per heavy atom. The quantitative estimate of drug-likeness (QED) is 0.661. The van der Waals surface area contributed by atoms with E-state index in [1.165, 1.54) is 22.9 Å². The summed E-state index contributed by atoms with van der Waals surface area (Å²) in [6.07, 6.45) is 1.96. The third kappa shape index (κ3) is 2.01. The van der Waals surface area contributed by atoms with Crippen LogP contribution in [0.4, 0.5) is 11.6 Å². The fourth-order valence-electron chi connectivity index (χ4n) is 2.18. The lowest BCUT2D eigenvalue weighted by Gasteiger charge is -2.17. The van der Waals surface area contributed by atoms with Crippen molar-refractivity contribution < 1.29 is 0 Å². The molecule has 2 aromatic rings. The first-order chi connectivity index (χ1) is 8.76. The van der Waals surface area contributed by atoms with Crippen molar-refractivity contribution in [1.29, 1.82) is 0 Å². The minimum absolute atomic E-state index is 0.528. The first-order valence-electron chi connectivity index (χ1n) is 5.76. The number of nitrogens with two attached hydrogens (primary N) is 1. The number of nitrogens with zero attached hydrogens (tertiary/aromatic N) is 3. The van der Waals surface area contributed by atoms with Crippen molar-refractivity contribution in [1.82, 2.24) is 9.97 Å². The zero-order valence-corrected chi connectivity index (χ0v) is 10.9. The van der Waals surface area contributed by atoms with Gasteiger partial charge >= 0.3 is 0 Å². The lowest BCUT2D eigenvalue weighted by molar-refractivity contribution is 0.827. The molecular weight excluding hydrogens is 244 g/mol. The molecule has 0 atom stereocenters. The van der Waals surface area contributed by atoms with E-state index in [0.29, 0.717) is 5.82 Å². The molecule has 1 aromatic carbocycles. The van der Waals surface area contributed by atoms with Crippen LogP contribution < -0.4 is 10.6 Å². The Bertz CT molecular complexity index is 560. The number of aromatic nitrogens is 2. The Hall–Kier alpha value is -1.75. The monoisotopic (exact) mass is 258 g/mol. The molecule has 2 heterocycles. The minimum Gasteiger partial charge on any atom is -0.383 e. The Morgan fingerprint density at radius 2 is 1.83 bits per heavy atom. The molecule has 0 amide bonds. The van der Waals surface area contributed by atoms with Crippen molar-refractivity contribution in [3.63, 3.8) is 0 Å². The summed E-state index contributed by atoms with van der Waals surface area (Å²) in [4.78, 5) is 10.9. The molecule has 5 heteroatoms. The summed E-state index contributed by atoms with van der Waals surface area (Å²) >= 11 is 1.51. The molecule has 0 fully saturated rings. The van der Waals surface area contributed by atoms with E-state index in [9.17, 15) is 0 Å². The number of nitrogen functional groups attached to an aromatic ring is 1. The molecule has 0 radical (unpaired) electrons. The molecule has 1 aromatic heterocycles. The highest BCUT2D eigenvalue weighted by Gasteiger charge is 2.20. The normalized spacial score (nSPS) is 13.7. The lowest BCUT2D eigenvalue weighted by atomic mass is 10.1. The topological polar surface area (TPSA) is 55.0 Å². The third-order valence-corrected chi connectivity index (χ3v) is 3.61. The first-order valence-corrected chi connectivity index (χ1v) is 6.99. The molecule has 0 spiro atoms. The molecule has 2 N–H and O–H groups in total. The van der Waals surface area contributed by atoms with Gasteiger partial charge in [0.15, 0.2) is 5.16 Å². The lowest BCUT2D eigenvalue weighted by Crippen LogP contribution is -2.17. The second-order valence-corrected chi connectivity index (χ2v) is 5.04. The maximum absolute atomic E-state index is 5.82. The van der Waals surface area contributed by atoms with E-state index in [4.69, 9.17) is 5.73 Å². The molecule has 0 saturated heterocycles. The van der Waals surface area contributed by atoms with Gasteiger partial charge in [0.1, 0.15) is 11.6 Å². The summed E-state index contributed by atoms with van der Waals surface area (Å²) in [6.45, 7) is 1.78. The Morgan fingerprint density at radius 3 is 2.44 bits per heavy atom. The van der Waals surface area contributed by atoms with E-state index >= 15 is 0 Å². The van der Waals surface area contributed by atoms with Crippen LogP contribution in [-0.4, -0.2) is 16.2 Å². The van der Waals surface area contributed by atoms with Crippen LogP contribution in [-0.2, 0) is 13.1 Å². The zero-order chi connectivity index (χ0) is 12.5. The van der Waals surface area contributed by atoms with E-state index in [2.05, 4.69) is 39.1 Å². The van der Waals surface area contributed by atoms with Gasteiger partial charge in [-0.05, 0) is 17.4 Å². The molecule has 92 valence electrons. The van der Waals surface area contributed by atoms with E-state index in [1.54, 1.807) is 0 Å². The van der Waals surface area contributed by atoms with Crippen LogP contribution in [0.1, 0.15) is 11.1 Å². The van der Waals surface area contributed by atoms with E-state index in [1.807, 2.05) is 12.3 Å². The summed E-state index contributed by atoms with van der Waals surface area (Å²) in [6, 6.07) is 10.3. The molecular formula is C13H14N4S. The van der Waals surface area contributed by atoms with Gasteiger partial charge in [0.05, 0.1) is 0 Å². The highest BCUT2D eigenvalue weighted by Crippen LogP contribution is 2.28. The average Bonchev–Trinajstić information content (AvgIpc) is 2.81. The standard InChI is InChI=1S/C13H14N4S/c1-18-13-15-11(14)6-12(16-13)17-7-9-4-2-3-5-10(9)8-17/h2-6H,7-8H2,1H3,(H2,14,15,16). The Kier molecular flexibility index (Phi) is 2.83. The van der Waals surface area contributed by atoms with Crippen molar-refractivity contribution in [2.45, 2.75) is 18.2 Å². The van der Waals surface area contributed by atoms with Crippen molar-refractivity contribution in [3.8, 4) is 0 Å². The molecule has 18 heavy (non-hydrogen) atoms. The van der Waals surface area contributed by atoms with Gasteiger partial charge in [-0.2, -0.15) is 0 Å². The summed E-state index contributed by atoms with van der Waals surface area (Å²) in [5.41, 5.74) is 8.54. The smallest absolute Gasteiger partial charge is 0.191 e. The van der Waals surface area contributed by atoms with E-state index in [-0.39, 0.29) is 0 Å². The summed E-state index contributed by atoms with van der Waals surface area (Å²) < 4.78 is 0. The van der Waals surface area contributed by atoms with Gasteiger partial charge in [-0.15, -0.1) is 0 Å². The highest BCUT2D eigenvalue weighted by molar-refractivity contribution is 7.98. The van der Waals surface area contributed by atoms with Crippen LogP contribution in [0.5, 0.6) is 0 Å². The summed E-state index contributed by atoms with van der Waals surface area (Å²) in [5.74, 6) is 1.43. The van der Waals surface area contributed by atoms with Gasteiger partial charge in [0.2, 0.25) is 0 Å². The first kappa shape index (κ1) is 11.3. The molecule has 1 aliphatic rings. The van der Waals surface area contributed by atoms with Crippen molar-refractivity contribution in [2.75, 3.05) is 16.9 Å². The molecule has 0 saturated carbocycles. The molecule has 1 aliphatic heterocycles. The zero-order valence-electron chi connectivity index (χ0n) is 10.1. The van der Waals surface area contributed by atoms with E-state index in [0.717, 1.165) is 24.1 Å². The summed E-state index contributed by atoms with van der Waals surface area (Å²) in [7, 11) is 0. The van der Waals surface area contributed by atoms with Gasteiger partial charge in [-0.3, -0.25) is 0 Å². The summed E-state index contributed by atoms with van der Waals surface area (Å²) in [5, 5.41) is 0.723. The molecule has 3 rings (SSSR count). The largest absolute Gasteiger partial charge is 0.383 e. The van der Waals surface area contributed by atoms with Crippen molar-refractivity contribution in [3.05, 3.63) is 41.5 Å². The van der Waals surface area contributed by atoms with Crippen LogP contribution in [0.3, 0.4) is 0 Å². The number of fused-ring (bicyclic) bond motifs is 1. The Labute approximate surface area is 110 Å². The maximum atomic E-state index is 5.82. The van der Waals surface area contributed by atoms with Crippen LogP contribution in [0.15, 0.2) is 35.5 Å². The van der Waals surface area contributed by atoms with Gasteiger partial charge < -0.3 is 10.6 Å². The third-order valence-electron chi connectivity index (χ3n) is 3.06. The molecule has 0 aliphatic carbocycles. The molecule has 0 unspecified atom stereocenters. The predicted molar refractivity (Wildman–Crippen MR) is 74.6 cm³/mol. The number of anilines is 2. The van der Waals surface area contributed by atoms with Crippen LogP contribution in [0.25, 0.3) is 0 Å². The fraction of sp³-hybridized carbons (Fsp3) is 0.231. The molecule has 4 nitrogen and oxygen atoms in total. The van der Waals surface area contributed by atoms with Gasteiger partial charge in [0, 0.05) is 19.2 Å². The second kappa shape index (κ2) is 4.49.